The van der Waals surface area contributed by atoms with Crippen LogP contribution in [-0.2, 0) is 9.59 Å². The Balaban J connectivity index is 2.71. The highest BCUT2D eigenvalue weighted by molar-refractivity contribution is 5.89. The second-order valence-electron chi connectivity index (χ2n) is 3.96. The van der Waals surface area contributed by atoms with Gasteiger partial charge in [-0.15, -0.1) is 0 Å². The lowest BCUT2D eigenvalue weighted by molar-refractivity contribution is -0.142. The minimum Gasteiger partial charge on any atom is -0.368 e. The summed E-state index contributed by atoms with van der Waals surface area (Å²) in [5.41, 5.74) is 10.9. The maximum absolute atomic E-state index is 11.8. The van der Waals surface area contributed by atoms with Crippen LogP contribution in [0.2, 0.25) is 0 Å². The van der Waals surface area contributed by atoms with Gasteiger partial charge in [0.05, 0.1) is 6.04 Å². The first kappa shape index (κ1) is 12.0. The summed E-state index contributed by atoms with van der Waals surface area (Å²) in [5, 5.41) is 0. The molecule has 0 radical (unpaired) electrons. The zero-order chi connectivity index (χ0) is 11.4. The molecule has 2 atom stereocenters. The molecule has 0 aromatic rings. The summed E-state index contributed by atoms with van der Waals surface area (Å²) in [6.07, 6.45) is 3.11. The van der Waals surface area contributed by atoms with E-state index in [2.05, 4.69) is 0 Å². The van der Waals surface area contributed by atoms with Crippen LogP contribution < -0.4 is 11.5 Å². The van der Waals surface area contributed by atoms with Crippen LogP contribution in [-0.4, -0.2) is 35.3 Å². The number of nitrogens with zero attached hydrogens (tertiary/aromatic N) is 1. The SMILES string of the molecule is CCC(N)C(=O)N1CCCCC1C(N)=O. The quantitative estimate of drug-likeness (QED) is 0.668. The van der Waals surface area contributed by atoms with Crippen molar-refractivity contribution < 1.29 is 9.59 Å². The first-order valence-electron chi connectivity index (χ1n) is 5.43. The third-order valence-corrected chi connectivity index (χ3v) is 2.87. The molecule has 5 heteroatoms. The number of amides is 2. The molecule has 1 fully saturated rings. The van der Waals surface area contributed by atoms with Crippen molar-refractivity contribution in [3.8, 4) is 0 Å². The second-order valence-corrected chi connectivity index (χ2v) is 3.96. The van der Waals surface area contributed by atoms with Crippen molar-refractivity contribution in [2.24, 2.45) is 11.5 Å². The van der Waals surface area contributed by atoms with Crippen molar-refractivity contribution in [2.75, 3.05) is 6.54 Å². The van der Waals surface area contributed by atoms with Crippen LogP contribution in [0.25, 0.3) is 0 Å². The summed E-state index contributed by atoms with van der Waals surface area (Å²) in [6, 6.07) is -0.964. The molecule has 0 aromatic heterocycles. The maximum atomic E-state index is 11.8. The highest BCUT2D eigenvalue weighted by Gasteiger charge is 2.32. The molecule has 0 bridgehead atoms. The number of primary amides is 1. The number of rotatable bonds is 3. The van der Waals surface area contributed by atoms with Crippen molar-refractivity contribution >= 4 is 11.8 Å². The van der Waals surface area contributed by atoms with Gasteiger partial charge in [-0.05, 0) is 25.7 Å². The Morgan fingerprint density at radius 2 is 2.13 bits per heavy atom. The highest BCUT2D eigenvalue weighted by Crippen LogP contribution is 2.17. The van der Waals surface area contributed by atoms with Gasteiger partial charge in [-0.3, -0.25) is 9.59 Å². The highest BCUT2D eigenvalue weighted by atomic mass is 16.2. The van der Waals surface area contributed by atoms with Crippen LogP contribution in [0, 0.1) is 0 Å². The summed E-state index contributed by atoms with van der Waals surface area (Å²) in [7, 11) is 0. The number of likely N-dealkylation sites (tertiary alicyclic amines) is 1. The van der Waals surface area contributed by atoms with Gasteiger partial charge < -0.3 is 16.4 Å². The first-order valence-corrected chi connectivity index (χ1v) is 5.43. The number of hydrogen-bond acceptors (Lipinski definition) is 3. The summed E-state index contributed by atoms with van der Waals surface area (Å²) < 4.78 is 0. The van der Waals surface area contributed by atoms with Crippen molar-refractivity contribution in [1.29, 1.82) is 0 Å². The maximum Gasteiger partial charge on any atom is 0.240 e. The molecule has 0 spiro atoms. The minimum absolute atomic E-state index is 0.152. The van der Waals surface area contributed by atoms with E-state index in [-0.39, 0.29) is 5.91 Å². The molecule has 2 unspecified atom stereocenters. The lowest BCUT2D eigenvalue weighted by atomic mass is 10.00. The Kier molecular flexibility index (Phi) is 4.08. The number of carbonyl (C=O) groups excluding carboxylic acids is 2. The van der Waals surface area contributed by atoms with Crippen LogP contribution >= 0.6 is 0 Å². The van der Waals surface area contributed by atoms with Gasteiger partial charge in [0.1, 0.15) is 6.04 Å². The molecule has 1 rings (SSSR count). The van der Waals surface area contributed by atoms with E-state index < -0.39 is 18.0 Å². The van der Waals surface area contributed by atoms with Gasteiger partial charge in [0.2, 0.25) is 11.8 Å². The summed E-state index contributed by atoms with van der Waals surface area (Å²) in [5.74, 6) is -0.577. The normalized spacial score (nSPS) is 23.6. The minimum atomic E-state index is -0.509. The zero-order valence-electron chi connectivity index (χ0n) is 9.11. The van der Waals surface area contributed by atoms with E-state index in [0.29, 0.717) is 19.4 Å². The molecule has 2 amide bonds. The molecule has 4 N–H and O–H groups in total. The van der Waals surface area contributed by atoms with Crippen molar-refractivity contribution in [1.82, 2.24) is 4.90 Å². The number of carbonyl (C=O) groups is 2. The van der Waals surface area contributed by atoms with Gasteiger partial charge in [-0.1, -0.05) is 6.92 Å². The average Bonchev–Trinajstić information content (AvgIpc) is 2.27. The Bertz CT molecular complexity index is 255. The fraction of sp³-hybridized carbons (Fsp3) is 0.800. The lowest BCUT2D eigenvalue weighted by Gasteiger charge is -2.35. The fourth-order valence-electron chi connectivity index (χ4n) is 1.88. The first-order chi connectivity index (χ1) is 7.07. The molecule has 86 valence electrons. The molecular weight excluding hydrogens is 194 g/mol. The van der Waals surface area contributed by atoms with Gasteiger partial charge >= 0.3 is 0 Å². The van der Waals surface area contributed by atoms with Crippen LogP contribution in [0.4, 0.5) is 0 Å². The van der Waals surface area contributed by atoms with E-state index in [4.69, 9.17) is 11.5 Å². The third kappa shape index (κ3) is 2.68. The van der Waals surface area contributed by atoms with Crippen LogP contribution in [0.15, 0.2) is 0 Å². The van der Waals surface area contributed by atoms with Gasteiger partial charge in [-0.25, -0.2) is 0 Å². The van der Waals surface area contributed by atoms with Crippen LogP contribution in [0.5, 0.6) is 0 Å². The molecule has 1 saturated heterocycles. The molecule has 0 aliphatic carbocycles. The lowest BCUT2D eigenvalue weighted by Crippen LogP contribution is -2.54. The van der Waals surface area contributed by atoms with E-state index in [0.717, 1.165) is 12.8 Å². The Morgan fingerprint density at radius 3 is 2.67 bits per heavy atom. The Labute approximate surface area is 89.8 Å². The Hall–Kier alpha value is -1.10. The molecule has 5 nitrogen and oxygen atoms in total. The smallest absolute Gasteiger partial charge is 0.240 e. The van der Waals surface area contributed by atoms with Crippen molar-refractivity contribution in [3.05, 3.63) is 0 Å². The van der Waals surface area contributed by atoms with E-state index >= 15 is 0 Å². The summed E-state index contributed by atoms with van der Waals surface area (Å²) >= 11 is 0. The van der Waals surface area contributed by atoms with Crippen LogP contribution in [0.3, 0.4) is 0 Å². The van der Waals surface area contributed by atoms with Crippen LogP contribution in [0.1, 0.15) is 32.6 Å². The van der Waals surface area contributed by atoms with Crippen molar-refractivity contribution in [3.63, 3.8) is 0 Å². The summed E-state index contributed by atoms with van der Waals surface area (Å²) in [6.45, 7) is 2.45. The average molecular weight is 213 g/mol. The van der Waals surface area contributed by atoms with E-state index in [1.165, 1.54) is 0 Å². The molecule has 15 heavy (non-hydrogen) atoms. The summed E-state index contributed by atoms with van der Waals surface area (Å²) in [4.78, 5) is 24.5. The van der Waals surface area contributed by atoms with E-state index in [9.17, 15) is 9.59 Å². The van der Waals surface area contributed by atoms with Gasteiger partial charge in [0.25, 0.3) is 0 Å². The molecule has 1 aliphatic rings. The van der Waals surface area contributed by atoms with E-state index in [1.54, 1.807) is 4.90 Å². The molecular formula is C10H19N3O2. The van der Waals surface area contributed by atoms with Crippen molar-refractivity contribution in [2.45, 2.75) is 44.7 Å². The monoisotopic (exact) mass is 213 g/mol. The second kappa shape index (κ2) is 5.11. The number of hydrogen-bond donors (Lipinski definition) is 2. The van der Waals surface area contributed by atoms with Gasteiger partial charge in [0.15, 0.2) is 0 Å². The predicted octanol–water partition coefficient (Wildman–Crippen LogP) is -0.410. The number of piperidine rings is 1. The van der Waals surface area contributed by atoms with Gasteiger partial charge in [0, 0.05) is 6.54 Å². The molecule has 0 aromatic carbocycles. The molecule has 1 heterocycles. The predicted molar refractivity (Wildman–Crippen MR) is 56.8 cm³/mol. The van der Waals surface area contributed by atoms with E-state index in [1.807, 2.05) is 6.92 Å². The molecule has 1 aliphatic heterocycles. The largest absolute Gasteiger partial charge is 0.368 e. The third-order valence-electron chi connectivity index (χ3n) is 2.87. The van der Waals surface area contributed by atoms with Gasteiger partial charge in [-0.2, -0.15) is 0 Å². The Morgan fingerprint density at radius 1 is 1.47 bits per heavy atom. The zero-order valence-corrected chi connectivity index (χ0v) is 9.11. The molecule has 0 saturated carbocycles. The topological polar surface area (TPSA) is 89.4 Å². The standard InChI is InChI=1S/C10H19N3O2/c1-2-7(11)10(15)13-6-4-3-5-8(13)9(12)14/h7-8H,2-6,11H2,1H3,(H2,12,14). The number of nitrogens with two attached hydrogens (primary N) is 2. The fourth-order valence-corrected chi connectivity index (χ4v) is 1.88.